The van der Waals surface area contributed by atoms with Crippen molar-refractivity contribution in [3.8, 4) is 11.8 Å². The van der Waals surface area contributed by atoms with Crippen molar-refractivity contribution >= 4 is 34.3 Å². The van der Waals surface area contributed by atoms with Gasteiger partial charge in [-0.1, -0.05) is 30.7 Å². The van der Waals surface area contributed by atoms with Crippen molar-refractivity contribution in [1.29, 1.82) is 5.26 Å². The zero-order valence-electron chi connectivity index (χ0n) is 22.9. The summed E-state index contributed by atoms with van der Waals surface area (Å²) in [5.41, 5.74) is 10.1. The normalized spacial score (nSPS) is 10.8. The molecule has 0 spiro atoms. The van der Waals surface area contributed by atoms with E-state index in [0.29, 0.717) is 71.8 Å². The summed E-state index contributed by atoms with van der Waals surface area (Å²) in [6, 6.07) is 17.1. The van der Waals surface area contributed by atoms with Gasteiger partial charge < -0.3 is 16.4 Å². The molecule has 0 saturated carbocycles. The molecule has 0 unspecified atom stereocenters. The molecule has 2 aromatic heterocycles. The summed E-state index contributed by atoms with van der Waals surface area (Å²) in [6.45, 7) is 2.81. The number of hydroxylamine groups is 1. The van der Waals surface area contributed by atoms with Crippen LogP contribution in [0.5, 0.6) is 0 Å². The quantitative estimate of drug-likeness (QED) is 0.0930. The van der Waals surface area contributed by atoms with E-state index < -0.39 is 5.91 Å². The maximum Gasteiger partial charge on any atom is 0.268 e. The molecule has 0 aliphatic carbocycles. The highest BCUT2D eigenvalue weighted by atomic mass is 16.5. The van der Waals surface area contributed by atoms with Crippen LogP contribution in [0.15, 0.2) is 53.3 Å². The van der Waals surface area contributed by atoms with E-state index in [0.717, 1.165) is 18.5 Å². The Labute approximate surface area is 237 Å². The molecule has 2 heterocycles. The van der Waals surface area contributed by atoms with Crippen LogP contribution in [0, 0.1) is 18.3 Å². The van der Waals surface area contributed by atoms with Gasteiger partial charge in [0.25, 0.3) is 5.56 Å². The molecule has 12 nitrogen and oxygen atoms in total. The third-order valence-corrected chi connectivity index (χ3v) is 6.59. The number of aromatic nitrogens is 4. The van der Waals surface area contributed by atoms with E-state index in [9.17, 15) is 14.9 Å². The average molecular weight is 556 g/mol. The van der Waals surface area contributed by atoms with Gasteiger partial charge >= 0.3 is 0 Å². The molecule has 4 aromatic rings. The Morgan fingerprint density at radius 2 is 1.78 bits per heavy atom. The summed E-state index contributed by atoms with van der Waals surface area (Å²) in [6.07, 6.45) is 3.63. The Balaban J connectivity index is 1.54. The van der Waals surface area contributed by atoms with Crippen molar-refractivity contribution in [2.45, 2.75) is 45.4 Å². The van der Waals surface area contributed by atoms with Crippen molar-refractivity contribution < 1.29 is 10.0 Å². The topological polar surface area (TPSA) is 184 Å². The van der Waals surface area contributed by atoms with Gasteiger partial charge in [0.1, 0.15) is 23.3 Å². The molecule has 0 aliphatic heterocycles. The standard InChI is InChI=1S/C29H33N9O3/c1-19-21(18-30)27(36-29(31)34-19)33-17-9-14-24-35-23-13-8-12-22(32-16-7-3-6-15-25(39)37-41)26(23)28(40)38(24)20-10-4-2-5-11-20/h2,4-5,8,10-13,32,41H,3,6-7,9,14-17H2,1H3,(H,37,39)(H3,31,33,34,36). The molecule has 0 atom stereocenters. The van der Waals surface area contributed by atoms with E-state index >= 15 is 0 Å². The largest absolute Gasteiger partial charge is 0.384 e. The molecule has 0 radical (unpaired) electrons. The molecule has 1 amide bonds. The van der Waals surface area contributed by atoms with Crippen LogP contribution in [0.1, 0.15) is 49.2 Å². The summed E-state index contributed by atoms with van der Waals surface area (Å²) < 4.78 is 1.65. The molecule has 4 rings (SSSR count). The van der Waals surface area contributed by atoms with E-state index in [-0.39, 0.29) is 17.9 Å². The molecule has 0 fully saturated rings. The average Bonchev–Trinajstić information content (AvgIpc) is 2.97. The Hall–Kier alpha value is -5.02. The molecule has 212 valence electrons. The van der Waals surface area contributed by atoms with E-state index in [4.69, 9.17) is 15.9 Å². The number of benzene rings is 2. The monoisotopic (exact) mass is 555 g/mol. The van der Waals surface area contributed by atoms with Crippen LogP contribution in [0.3, 0.4) is 0 Å². The first-order valence-corrected chi connectivity index (χ1v) is 13.5. The predicted octanol–water partition coefficient (Wildman–Crippen LogP) is 3.46. The number of unbranched alkanes of at least 4 members (excludes halogenated alkanes) is 2. The number of nitrogen functional groups attached to an aromatic ring is 1. The van der Waals surface area contributed by atoms with E-state index in [1.807, 2.05) is 48.5 Å². The number of nitrogens with one attached hydrogen (secondary N) is 3. The summed E-state index contributed by atoms with van der Waals surface area (Å²) in [5.74, 6) is 0.703. The number of carbonyl (C=O) groups is 1. The van der Waals surface area contributed by atoms with Gasteiger partial charge in [-0.3, -0.25) is 19.4 Å². The number of nitriles is 1. The highest BCUT2D eigenvalue weighted by Crippen LogP contribution is 2.22. The second-order valence-electron chi connectivity index (χ2n) is 9.51. The molecule has 0 bridgehead atoms. The first-order chi connectivity index (χ1) is 19.9. The minimum atomic E-state index is -0.396. The number of fused-ring (bicyclic) bond motifs is 1. The third-order valence-electron chi connectivity index (χ3n) is 6.59. The van der Waals surface area contributed by atoms with Gasteiger partial charge in [0.05, 0.1) is 22.3 Å². The van der Waals surface area contributed by atoms with Crippen LogP contribution in [0.25, 0.3) is 16.6 Å². The number of hydrogen-bond acceptors (Lipinski definition) is 10. The van der Waals surface area contributed by atoms with Crippen LogP contribution < -0.4 is 27.4 Å². The van der Waals surface area contributed by atoms with Gasteiger partial charge in [0, 0.05) is 31.6 Å². The fraction of sp³-hybridized carbons (Fsp3) is 0.310. The van der Waals surface area contributed by atoms with Crippen LogP contribution in [-0.2, 0) is 11.2 Å². The van der Waals surface area contributed by atoms with E-state index in [1.54, 1.807) is 17.0 Å². The lowest BCUT2D eigenvalue weighted by Crippen LogP contribution is -2.25. The van der Waals surface area contributed by atoms with Crippen molar-refractivity contribution in [3.05, 3.63) is 76.0 Å². The molecular formula is C29H33N9O3. The highest BCUT2D eigenvalue weighted by molar-refractivity contribution is 5.90. The van der Waals surface area contributed by atoms with Gasteiger partial charge in [-0.25, -0.2) is 15.4 Å². The number of anilines is 3. The highest BCUT2D eigenvalue weighted by Gasteiger charge is 2.16. The van der Waals surface area contributed by atoms with E-state index in [2.05, 4.69) is 26.7 Å². The van der Waals surface area contributed by atoms with Gasteiger partial charge in [0.2, 0.25) is 11.9 Å². The minimum absolute atomic E-state index is 0.0941. The molecule has 41 heavy (non-hydrogen) atoms. The zero-order chi connectivity index (χ0) is 29.2. The lowest BCUT2D eigenvalue weighted by Gasteiger charge is -2.16. The first kappa shape index (κ1) is 29.0. The summed E-state index contributed by atoms with van der Waals surface area (Å²) in [4.78, 5) is 38.2. The summed E-state index contributed by atoms with van der Waals surface area (Å²) >= 11 is 0. The van der Waals surface area contributed by atoms with E-state index in [1.165, 1.54) is 0 Å². The predicted molar refractivity (Wildman–Crippen MR) is 157 cm³/mol. The van der Waals surface area contributed by atoms with Crippen LogP contribution in [-0.4, -0.2) is 43.7 Å². The number of amides is 1. The Morgan fingerprint density at radius 3 is 2.54 bits per heavy atom. The lowest BCUT2D eigenvalue weighted by molar-refractivity contribution is -0.129. The smallest absolute Gasteiger partial charge is 0.268 e. The number of nitrogens with two attached hydrogens (primary N) is 1. The maximum absolute atomic E-state index is 14.0. The van der Waals surface area contributed by atoms with Crippen molar-refractivity contribution in [3.63, 3.8) is 0 Å². The number of carbonyl (C=O) groups excluding carboxylic acids is 1. The van der Waals surface area contributed by atoms with Crippen molar-refractivity contribution in [2.75, 3.05) is 29.5 Å². The number of nitrogens with zero attached hydrogens (tertiary/aromatic N) is 5. The number of para-hydroxylation sites is 1. The summed E-state index contributed by atoms with van der Waals surface area (Å²) in [7, 11) is 0. The SMILES string of the molecule is Cc1nc(N)nc(NCCCc2nc3cccc(NCCCCCC(=O)NO)c3c(=O)n2-c2ccccc2)c1C#N. The zero-order valence-corrected chi connectivity index (χ0v) is 22.9. The second kappa shape index (κ2) is 13.9. The Kier molecular flexibility index (Phi) is 9.80. The number of aryl methyl sites for hydroxylation is 2. The third kappa shape index (κ3) is 7.14. The fourth-order valence-electron chi connectivity index (χ4n) is 4.61. The summed E-state index contributed by atoms with van der Waals surface area (Å²) in [5, 5.41) is 25.1. The van der Waals surface area contributed by atoms with Gasteiger partial charge in [-0.05, 0) is 50.5 Å². The van der Waals surface area contributed by atoms with Gasteiger partial charge in [0.15, 0.2) is 0 Å². The van der Waals surface area contributed by atoms with Gasteiger partial charge in [-0.15, -0.1) is 0 Å². The number of hydrogen-bond donors (Lipinski definition) is 5. The minimum Gasteiger partial charge on any atom is -0.384 e. The molecule has 2 aromatic carbocycles. The molecular weight excluding hydrogens is 522 g/mol. The number of rotatable bonds is 13. The molecule has 6 N–H and O–H groups in total. The lowest BCUT2D eigenvalue weighted by atomic mass is 10.1. The van der Waals surface area contributed by atoms with Crippen LogP contribution >= 0.6 is 0 Å². The van der Waals surface area contributed by atoms with Crippen LogP contribution in [0.4, 0.5) is 17.5 Å². The Morgan fingerprint density at radius 1 is 1.00 bits per heavy atom. The maximum atomic E-state index is 14.0. The van der Waals surface area contributed by atoms with Gasteiger partial charge in [-0.2, -0.15) is 10.2 Å². The Bertz CT molecular complexity index is 1610. The van der Waals surface area contributed by atoms with Crippen molar-refractivity contribution in [2.24, 2.45) is 0 Å². The fourth-order valence-corrected chi connectivity index (χ4v) is 4.61. The molecule has 0 saturated heterocycles. The molecule has 0 aliphatic rings. The first-order valence-electron chi connectivity index (χ1n) is 13.5. The van der Waals surface area contributed by atoms with Crippen molar-refractivity contribution in [1.82, 2.24) is 25.0 Å². The van der Waals surface area contributed by atoms with Crippen LogP contribution in [0.2, 0.25) is 0 Å². The second-order valence-corrected chi connectivity index (χ2v) is 9.51. The molecule has 12 heteroatoms.